The first-order valence-electron chi connectivity index (χ1n) is 5.89. The third-order valence-corrected chi connectivity index (χ3v) is 3.94. The van der Waals surface area contributed by atoms with Crippen LogP contribution in [0.15, 0.2) is 0 Å². The maximum absolute atomic E-state index is 11.8. The molecule has 2 aliphatic rings. The molecule has 1 aliphatic heterocycles. The van der Waals surface area contributed by atoms with Crippen molar-refractivity contribution >= 4 is 11.7 Å². The van der Waals surface area contributed by atoms with Gasteiger partial charge in [0.2, 0.25) is 5.91 Å². The second-order valence-corrected chi connectivity index (χ2v) is 5.11. The van der Waals surface area contributed by atoms with Crippen LogP contribution in [0.5, 0.6) is 0 Å². The number of amides is 1. The Morgan fingerprint density at radius 2 is 2.13 bits per heavy atom. The SMILES string of the molecule is CC(=O)CCN1CCC2(CCC2)CC1=O. The molecule has 1 aliphatic carbocycles. The van der Waals surface area contributed by atoms with Crippen LogP contribution in [0.2, 0.25) is 0 Å². The lowest BCUT2D eigenvalue weighted by Gasteiger charge is -2.47. The first kappa shape index (κ1) is 10.7. The molecule has 1 amide bonds. The number of hydrogen-bond donors (Lipinski definition) is 0. The Hall–Kier alpha value is -0.860. The third kappa shape index (κ3) is 2.21. The predicted molar refractivity (Wildman–Crippen MR) is 57.4 cm³/mol. The minimum absolute atomic E-state index is 0.173. The molecule has 0 aromatic rings. The van der Waals surface area contributed by atoms with Gasteiger partial charge in [-0.3, -0.25) is 9.59 Å². The van der Waals surface area contributed by atoms with E-state index >= 15 is 0 Å². The molecule has 1 heterocycles. The maximum atomic E-state index is 11.8. The second-order valence-electron chi connectivity index (χ2n) is 5.11. The zero-order valence-electron chi connectivity index (χ0n) is 9.42. The van der Waals surface area contributed by atoms with E-state index in [0.29, 0.717) is 18.4 Å². The minimum atomic E-state index is 0.173. The van der Waals surface area contributed by atoms with Crippen LogP contribution in [0.25, 0.3) is 0 Å². The summed E-state index contributed by atoms with van der Waals surface area (Å²) in [7, 11) is 0. The summed E-state index contributed by atoms with van der Waals surface area (Å²) < 4.78 is 0. The van der Waals surface area contributed by atoms with E-state index in [1.165, 1.54) is 19.3 Å². The van der Waals surface area contributed by atoms with Crippen LogP contribution in [0, 0.1) is 5.41 Å². The molecule has 1 spiro atoms. The molecule has 0 atom stereocenters. The molecular formula is C12H19NO2. The van der Waals surface area contributed by atoms with Gasteiger partial charge in [-0.1, -0.05) is 6.42 Å². The highest BCUT2D eigenvalue weighted by atomic mass is 16.2. The van der Waals surface area contributed by atoms with Crippen LogP contribution < -0.4 is 0 Å². The van der Waals surface area contributed by atoms with Gasteiger partial charge < -0.3 is 4.90 Å². The van der Waals surface area contributed by atoms with Crippen molar-refractivity contribution in [1.29, 1.82) is 0 Å². The largest absolute Gasteiger partial charge is 0.342 e. The first-order valence-corrected chi connectivity index (χ1v) is 5.89. The van der Waals surface area contributed by atoms with Crippen LogP contribution in [0.4, 0.5) is 0 Å². The van der Waals surface area contributed by atoms with E-state index < -0.39 is 0 Å². The van der Waals surface area contributed by atoms with E-state index in [9.17, 15) is 9.59 Å². The molecule has 0 N–H and O–H groups in total. The number of piperidine rings is 1. The maximum Gasteiger partial charge on any atom is 0.223 e. The topological polar surface area (TPSA) is 37.4 Å². The Morgan fingerprint density at radius 3 is 2.60 bits per heavy atom. The molecule has 0 unspecified atom stereocenters. The standard InChI is InChI=1S/C12H19NO2/c1-10(14)3-7-13-8-6-12(4-2-5-12)9-11(13)15/h2-9H2,1H3. The normalized spacial score (nSPS) is 24.1. The zero-order valence-corrected chi connectivity index (χ0v) is 9.42. The Labute approximate surface area is 90.8 Å². The fourth-order valence-corrected chi connectivity index (χ4v) is 2.65. The lowest BCUT2D eigenvalue weighted by Crippen LogP contribution is -2.47. The Morgan fingerprint density at radius 1 is 1.40 bits per heavy atom. The van der Waals surface area contributed by atoms with E-state index in [4.69, 9.17) is 0 Å². The van der Waals surface area contributed by atoms with Gasteiger partial charge >= 0.3 is 0 Å². The van der Waals surface area contributed by atoms with Gasteiger partial charge in [0.05, 0.1) is 0 Å². The van der Waals surface area contributed by atoms with Crippen molar-refractivity contribution in [2.75, 3.05) is 13.1 Å². The number of likely N-dealkylation sites (tertiary alicyclic amines) is 1. The molecule has 1 saturated heterocycles. The molecule has 84 valence electrons. The highest BCUT2D eigenvalue weighted by molar-refractivity contribution is 5.80. The van der Waals surface area contributed by atoms with Crippen LogP contribution in [-0.2, 0) is 9.59 Å². The molecule has 1 saturated carbocycles. The van der Waals surface area contributed by atoms with Gasteiger partial charge in [0, 0.05) is 25.9 Å². The summed E-state index contributed by atoms with van der Waals surface area (Å²) >= 11 is 0. The number of carbonyl (C=O) groups excluding carboxylic acids is 2. The Balaban J connectivity index is 1.84. The fraction of sp³-hybridized carbons (Fsp3) is 0.833. The van der Waals surface area contributed by atoms with E-state index in [-0.39, 0.29) is 11.7 Å². The lowest BCUT2D eigenvalue weighted by molar-refractivity contribution is -0.141. The molecule has 0 radical (unpaired) electrons. The van der Waals surface area contributed by atoms with Gasteiger partial charge in [-0.2, -0.15) is 0 Å². The van der Waals surface area contributed by atoms with Crippen molar-refractivity contribution < 1.29 is 9.59 Å². The molecule has 3 heteroatoms. The van der Waals surface area contributed by atoms with Crippen molar-refractivity contribution in [2.24, 2.45) is 5.41 Å². The number of carbonyl (C=O) groups is 2. The fourth-order valence-electron chi connectivity index (χ4n) is 2.65. The van der Waals surface area contributed by atoms with Gasteiger partial charge in [0.25, 0.3) is 0 Å². The molecular weight excluding hydrogens is 190 g/mol. The van der Waals surface area contributed by atoms with E-state index in [1.807, 2.05) is 4.90 Å². The van der Waals surface area contributed by atoms with Crippen molar-refractivity contribution in [3.8, 4) is 0 Å². The molecule has 2 rings (SSSR count). The van der Waals surface area contributed by atoms with E-state index in [1.54, 1.807) is 6.92 Å². The molecule has 0 aromatic heterocycles. The van der Waals surface area contributed by atoms with Crippen molar-refractivity contribution in [2.45, 2.75) is 45.4 Å². The van der Waals surface area contributed by atoms with E-state index in [2.05, 4.69) is 0 Å². The summed E-state index contributed by atoms with van der Waals surface area (Å²) in [6.07, 6.45) is 6.15. The minimum Gasteiger partial charge on any atom is -0.342 e. The monoisotopic (exact) mass is 209 g/mol. The summed E-state index contributed by atoms with van der Waals surface area (Å²) in [5.41, 5.74) is 0.365. The third-order valence-electron chi connectivity index (χ3n) is 3.94. The second kappa shape index (κ2) is 3.95. The highest BCUT2D eigenvalue weighted by Gasteiger charge is 2.42. The summed E-state index contributed by atoms with van der Waals surface area (Å²) in [5, 5.41) is 0. The van der Waals surface area contributed by atoms with Crippen LogP contribution in [-0.4, -0.2) is 29.7 Å². The first-order chi connectivity index (χ1) is 7.11. The van der Waals surface area contributed by atoms with Crippen LogP contribution in [0.1, 0.15) is 45.4 Å². The van der Waals surface area contributed by atoms with Gasteiger partial charge in [-0.15, -0.1) is 0 Å². The van der Waals surface area contributed by atoms with Crippen molar-refractivity contribution in [3.63, 3.8) is 0 Å². The molecule has 3 nitrogen and oxygen atoms in total. The number of ketones is 1. The quantitative estimate of drug-likeness (QED) is 0.710. The van der Waals surface area contributed by atoms with E-state index in [0.717, 1.165) is 19.4 Å². The number of Topliss-reactive ketones (excluding diaryl/α,β-unsaturated/α-hetero) is 1. The summed E-state index contributed by atoms with van der Waals surface area (Å²) in [5.74, 6) is 0.439. The van der Waals surface area contributed by atoms with Crippen LogP contribution >= 0.6 is 0 Å². The Kier molecular flexibility index (Phi) is 2.81. The number of nitrogens with zero attached hydrogens (tertiary/aromatic N) is 1. The highest BCUT2D eigenvalue weighted by Crippen LogP contribution is 2.49. The molecule has 0 aromatic carbocycles. The average molecular weight is 209 g/mol. The number of rotatable bonds is 3. The smallest absolute Gasteiger partial charge is 0.223 e. The predicted octanol–water partition coefficient (Wildman–Crippen LogP) is 1.76. The van der Waals surface area contributed by atoms with Crippen LogP contribution in [0.3, 0.4) is 0 Å². The van der Waals surface area contributed by atoms with Gasteiger partial charge in [-0.25, -0.2) is 0 Å². The van der Waals surface area contributed by atoms with Gasteiger partial charge in [0.15, 0.2) is 0 Å². The van der Waals surface area contributed by atoms with Gasteiger partial charge in [-0.05, 0) is 31.6 Å². The lowest BCUT2D eigenvalue weighted by atomic mass is 9.63. The molecule has 2 fully saturated rings. The van der Waals surface area contributed by atoms with Crippen molar-refractivity contribution in [1.82, 2.24) is 4.90 Å². The number of hydrogen-bond acceptors (Lipinski definition) is 2. The molecule has 15 heavy (non-hydrogen) atoms. The average Bonchev–Trinajstić information content (AvgIpc) is 2.13. The Bertz CT molecular complexity index is 281. The van der Waals surface area contributed by atoms with Crippen molar-refractivity contribution in [3.05, 3.63) is 0 Å². The molecule has 0 bridgehead atoms. The van der Waals surface area contributed by atoms with Gasteiger partial charge in [0.1, 0.15) is 5.78 Å². The summed E-state index contributed by atoms with van der Waals surface area (Å²) in [4.78, 5) is 24.5. The zero-order chi connectivity index (χ0) is 10.9. The summed E-state index contributed by atoms with van der Waals surface area (Å²) in [6.45, 7) is 3.08. The summed E-state index contributed by atoms with van der Waals surface area (Å²) in [6, 6.07) is 0.